The quantitative estimate of drug-likeness (QED) is 0.585. The summed E-state index contributed by atoms with van der Waals surface area (Å²) in [5.74, 6) is -1.16. The Bertz CT molecular complexity index is 647. The minimum absolute atomic E-state index is 0.0908. The third-order valence-corrected chi connectivity index (χ3v) is 2.78. The molecule has 0 spiro atoms. The van der Waals surface area contributed by atoms with Crippen LogP contribution in [0.2, 0.25) is 5.02 Å². The number of carbonyl (C=O) groups excluding carboxylic acids is 1. The maximum absolute atomic E-state index is 12.9. The average molecular weight is 281 g/mol. The number of nitrogens with two attached hydrogens (primary N) is 1. The fourth-order valence-corrected chi connectivity index (χ4v) is 1.68. The van der Waals surface area contributed by atoms with Gasteiger partial charge in [0.15, 0.2) is 0 Å². The van der Waals surface area contributed by atoms with Gasteiger partial charge in [0.2, 0.25) is 0 Å². The van der Waals surface area contributed by atoms with Crippen LogP contribution in [0.1, 0.15) is 10.4 Å². The third kappa shape index (κ3) is 2.95. The number of anilines is 2. The first-order valence-corrected chi connectivity index (χ1v) is 5.70. The fourth-order valence-electron chi connectivity index (χ4n) is 1.47. The molecule has 1 amide bonds. The molecule has 2 rings (SSSR count). The van der Waals surface area contributed by atoms with Crippen molar-refractivity contribution in [3.05, 3.63) is 52.8 Å². The van der Waals surface area contributed by atoms with Crippen LogP contribution < -0.4 is 11.1 Å². The lowest BCUT2D eigenvalue weighted by Crippen LogP contribution is -2.12. The topological polar surface area (TPSA) is 75.4 Å². The zero-order valence-electron chi connectivity index (χ0n) is 9.65. The molecular formula is C13H10ClFN2O2. The van der Waals surface area contributed by atoms with Gasteiger partial charge in [-0.15, -0.1) is 0 Å². The van der Waals surface area contributed by atoms with Crippen LogP contribution in [0.5, 0.6) is 5.75 Å². The molecule has 0 bridgehead atoms. The molecule has 0 fully saturated rings. The first-order chi connectivity index (χ1) is 8.97. The lowest BCUT2D eigenvalue weighted by atomic mass is 10.1. The first kappa shape index (κ1) is 13.2. The Balaban J connectivity index is 2.23. The molecule has 4 nitrogen and oxygen atoms in total. The molecule has 19 heavy (non-hydrogen) atoms. The molecule has 0 aliphatic rings. The van der Waals surface area contributed by atoms with E-state index in [1.165, 1.54) is 30.3 Å². The highest BCUT2D eigenvalue weighted by Gasteiger charge is 2.10. The Hall–Kier alpha value is -2.27. The van der Waals surface area contributed by atoms with E-state index < -0.39 is 11.7 Å². The summed E-state index contributed by atoms with van der Waals surface area (Å²) in [7, 11) is 0. The molecule has 0 saturated carbocycles. The Morgan fingerprint density at radius 1 is 1.26 bits per heavy atom. The maximum Gasteiger partial charge on any atom is 0.255 e. The molecule has 0 aliphatic heterocycles. The van der Waals surface area contributed by atoms with Crippen molar-refractivity contribution >= 4 is 28.9 Å². The van der Waals surface area contributed by atoms with Crippen molar-refractivity contribution in [1.82, 2.24) is 0 Å². The van der Waals surface area contributed by atoms with E-state index in [1.54, 1.807) is 0 Å². The van der Waals surface area contributed by atoms with Gasteiger partial charge < -0.3 is 16.2 Å². The van der Waals surface area contributed by atoms with Crippen molar-refractivity contribution < 1.29 is 14.3 Å². The van der Waals surface area contributed by atoms with Crippen LogP contribution in [0.4, 0.5) is 15.8 Å². The van der Waals surface area contributed by atoms with Gasteiger partial charge in [-0.1, -0.05) is 11.6 Å². The second-order valence-corrected chi connectivity index (χ2v) is 4.26. The maximum atomic E-state index is 12.9. The number of halogens is 2. The minimum atomic E-state index is -0.492. The number of benzene rings is 2. The van der Waals surface area contributed by atoms with Crippen molar-refractivity contribution in [3.63, 3.8) is 0 Å². The van der Waals surface area contributed by atoms with E-state index in [0.29, 0.717) is 0 Å². The normalized spacial score (nSPS) is 10.2. The molecule has 2 aromatic rings. The predicted molar refractivity (Wildman–Crippen MR) is 71.9 cm³/mol. The van der Waals surface area contributed by atoms with E-state index in [2.05, 4.69) is 5.32 Å². The standard InChI is InChI=1S/C13H10ClFN2O2/c14-9-6-8(15)2-4-11(9)17-13(19)7-1-3-10(16)12(18)5-7/h1-6,18H,16H2,(H,17,19). The second kappa shape index (κ2) is 5.16. The zero-order chi connectivity index (χ0) is 14.0. The van der Waals surface area contributed by atoms with E-state index in [9.17, 15) is 14.3 Å². The number of aromatic hydroxyl groups is 1. The Labute approximate surface area is 113 Å². The van der Waals surface area contributed by atoms with Gasteiger partial charge in [-0.25, -0.2) is 4.39 Å². The lowest BCUT2D eigenvalue weighted by Gasteiger charge is -2.08. The van der Waals surface area contributed by atoms with Crippen LogP contribution in [0.25, 0.3) is 0 Å². The lowest BCUT2D eigenvalue weighted by molar-refractivity contribution is 0.102. The minimum Gasteiger partial charge on any atom is -0.506 e. The van der Waals surface area contributed by atoms with Crippen molar-refractivity contribution in [2.24, 2.45) is 0 Å². The SMILES string of the molecule is Nc1ccc(C(=O)Nc2ccc(F)cc2Cl)cc1O. The molecule has 2 aromatic carbocycles. The van der Waals surface area contributed by atoms with Crippen LogP contribution in [0.3, 0.4) is 0 Å². The highest BCUT2D eigenvalue weighted by molar-refractivity contribution is 6.33. The van der Waals surface area contributed by atoms with Gasteiger partial charge >= 0.3 is 0 Å². The van der Waals surface area contributed by atoms with Crippen molar-refractivity contribution in [3.8, 4) is 5.75 Å². The van der Waals surface area contributed by atoms with Crippen LogP contribution in [-0.4, -0.2) is 11.0 Å². The molecule has 0 saturated heterocycles. The molecule has 4 N–H and O–H groups in total. The van der Waals surface area contributed by atoms with Crippen LogP contribution in [0.15, 0.2) is 36.4 Å². The Morgan fingerprint density at radius 3 is 2.63 bits per heavy atom. The van der Waals surface area contributed by atoms with Crippen LogP contribution in [-0.2, 0) is 0 Å². The molecule has 0 aromatic heterocycles. The molecular weight excluding hydrogens is 271 g/mol. The van der Waals surface area contributed by atoms with Gasteiger partial charge in [0.1, 0.15) is 11.6 Å². The molecule has 0 unspecified atom stereocenters. The second-order valence-electron chi connectivity index (χ2n) is 3.85. The van der Waals surface area contributed by atoms with Gasteiger partial charge in [0, 0.05) is 5.56 Å². The van der Waals surface area contributed by atoms with Gasteiger partial charge in [-0.2, -0.15) is 0 Å². The Morgan fingerprint density at radius 2 is 2.00 bits per heavy atom. The molecule has 0 radical (unpaired) electrons. The molecule has 0 atom stereocenters. The van der Waals surface area contributed by atoms with Gasteiger partial charge in [0.05, 0.1) is 16.4 Å². The number of amides is 1. The third-order valence-electron chi connectivity index (χ3n) is 2.47. The number of carbonyl (C=O) groups is 1. The number of rotatable bonds is 2. The van der Waals surface area contributed by atoms with Gasteiger partial charge in [-0.3, -0.25) is 4.79 Å². The fraction of sp³-hybridized carbons (Fsp3) is 0. The Kier molecular flexibility index (Phi) is 3.57. The van der Waals surface area contributed by atoms with E-state index >= 15 is 0 Å². The van der Waals surface area contributed by atoms with E-state index in [-0.39, 0.29) is 27.7 Å². The van der Waals surface area contributed by atoms with E-state index in [4.69, 9.17) is 17.3 Å². The smallest absolute Gasteiger partial charge is 0.255 e. The highest BCUT2D eigenvalue weighted by atomic mass is 35.5. The summed E-state index contributed by atoms with van der Waals surface area (Å²) in [6.45, 7) is 0. The summed E-state index contributed by atoms with van der Waals surface area (Å²) in [4.78, 5) is 11.9. The summed E-state index contributed by atoms with van der Waals surface area (Å²) in [5, 5.41) is 12.0. The monoisotopic (exact) mass is 280 g/mol. The number of phenols is 1. The largest absolute Gasteiger partial charge is 0.506 e. The molecule has 6 heteroatoms. The number of nitrogen functional groups attached to an aromatic ring is 1. The number of phenolic OH excluding ortho intramolecular Hbond substituents is 1. The molecule has 98 valence electrons. The van der Waals surface area contributed by atoms with Crippen molar-refractivity contribution in [2.45, 2.75) is 0 Å². The first-order valence-electron chi connectivity index (χ1n) is 5.32. The van der Waals surface area contributed by atoms with Gasteiger partial charge in [0.25, 0.3) is 5.91 Å². The zero-order valence-corrected chi connectivity index (χ0v) is 10.4. The summed E-state index contributed by atoms with van der Waals surface area (Å²) in [5.41, 5.74) is 6.11. The van der Waals surface area contributed by atoms with Crippen LogP contribution in [0, 0.1) is 5.82 Å². The molecule has 0 heterocycles. The van der Waals surface area contributed by atoms with Crippen molar-refractivity contribution in [1.29, 1.82) is 0 Å². The van der Waals surface area contributed by atoms with E-state index in [1.807, 2.05) is 0 Å². The number of hydrogen-bond acceptors (Lipinski definition) is 3. The average Bonchev–Trinajstić information content (AvgIpc) is 2.36. The number of hydrogen-bond donors (Lipinski definition) is 3. The summed E-state index contributed by atoms with van der Waals surface area (Å²) >= 11 is 5.79. The van der Waals surface area contributed by atoms with E-state index in [0.717, 1.165) is 6.07 Å². The summed E-state index contributed by atoms with van der Waals surface area (Å²) < 4.78 is 12.9. The summed E-state index contributed by atoms with van der Waals surface area (Å²) in [6, 6.07) is 7.74. The summed E-state index contributed by atoms with van der Waals surface area (Å²) in [6.07, 6.45) is 0. The van der Waals surface area contributed by atoms with Crippen LogP contribution >= 0.6 is 11.6 Å². The molecule has 0 aliphatic carbocycles. The van der Waals surface area contributed by atoms with Gasteiger partial charge in [-0.05, 0) is 36.4 Å². The predicted octanol–water partition coefficient (Wildman–Crippen LogP) is 3.02. The number of nitrogens with one attached hydrogen (secondary N) is 1. The van der Waals surface area contributed by atoms with Crippen molar-refractivity contribution in [2.75, 3.05) is 11.1 Å². The highest BCUT2D eigenvalue weighted by Crippen LogP contribution is 2.25.